The minimum atomic E-state index is -0.269. The third-order valence-electron chi connectivity index (χ3n) is 4.52. The van der Waals surface area contributed by atoms with Crippen molar-refractivity contribution in [1.82, 2.24) is 14.2 Å². The van der Waals surface area contributed by atoms with Crippen molar-refractivity contribution < 1.29 is 4.39 Å². The van der Waals surface area contributed by atoms with E-state index in [1.165, 1.54) is 23.5 Å². The SMILES string of the molecule is C=CCN=c1scc(-c2ccc(F)cc2)n1N=C(C)c1ccc(-n2ccnc2)cc1. The second-order valence-corrected chi connectivity index (χ2v) is 7.39. The van der Waals surface area contributed by atoms with Crippen molar-refractivity contribution in [2.75, 3.05) is 6.54 Å². The quantitative estimate of drug-likeness (QED) is 0.325. The highest BCUT2D eigenvalue weighted by atomic mass is 32.1. The van der Waals surface area contributed by atoms with Crippen LogP contribution in [-0.4, -0.2) is 26.5 Å². The van der Waals surface area contributed by atoms with Crippen molar-refractivity contribution in [1.29, 1.82) is 0 Å². The van der Waals surface area contributed by atoms with E-state index in [1.807, 2.05) is 47.3 Å². The first-order chi connectivity index (χ1) is 14.7. The second-order valence-electron chi connectivity index (χ2n) is 6.55. The van der Waals surface area contributed by atoms with Crippen LogP contribution in [0.5, 0.6) is 0 Å². The summed E-state index contributed by atoms with van der Waals surface area (Å²) < 4.78 is 17.1. The number of hydrogen-bond donors (Lipinski definition) is 0. The molecule has 4 aromatic rings. The van der Waals surface area contributed by atoms with Crippen molar-refractivity contribution in [3.63, 3.8) is 0 Å². The third kappa shape index (κ3) is 4.21. The molecule has 0 aliphatic carbocycles. The standard InChI is InChI=1S/C23H20FN5S/c1-3-12-26-23-29(22(15-30-23)19-4-8-20(24)9-5-19)27-17(2)18-6-10-21(11-7-18)28-14-13-25-16-28/h3-11,13-16H,1,12H2,2H3. The molecule has 0 atom stereocenters. The van der Waals surface area contributed by atoms with Crippen LogP contribution in [0, 0.1) is 5.82 Å². The molecule has 0 spiro atoms. The molecule has 0 N–H and O–H groups in total. The van der Waals surface area contributed by atoms with Crippen molar-refractivity contribution in [2.24, 2.45) is 10.1 Å². The van der Waals surface area contributed by atoms with E-state index in [2.05, 4.69) is 16.6 Å². The lowest BCUT2D eigenvalue weighted by Gasteiger charge is -2.08. The van der Waals surface area contributed by atoms with Gasteiger partial charge in [-0.2, -0.15) is 5.10 Å². The van der Waals surface area contributed by atoms with Crippen LogP contribution in [0.25, 0.3) is 16.9 Å². The smallest absolute Gasteiger partial charge is 0.206 e. The van der Waals surface area contributed by atoms with Gasteiger partial charge in [-0.05, 0) is 48.9 Å². The van der Waals surface area contributed by atoms with Gasteiger partial charge < -0.3 is 4.57 Å². The van der Waals surface area contributed by atoms with Gasteiger partial charge in [0.1, 0.15) is 5.82 Å². The molecule has 5 nitrogen and oxygen atoms in total. The molecule has 0 radical (unpaired) electrons. The molecule has 2 heterocycles. The van der Waals surface area contributed by atoms with Gasteiger partial charge >= 0.3 is 0 Å². The average molecular weight is 418 g/mol. The summed E-state index contributed by atoms with van der Waals surface area (Å²) in [5, 5.41) is 6.82. The van der Waals surface area contributed by atoms with Crippen LogP contribution < -0.4 is 4.80 Å². The zero-order valence-electron chi connectivity index (χ0n) is 16.4. The summed E-state index contributed by atoms with van der Waals surface area (Å²) in [5.74, 6) is -0.269. The van der Waals surface area contributed by atoms with Gasteiger partial charge in [0.25, 0.3) is 0 Å². The molecule has 0 saturated heterocycles. The first-order valence-electron chi connectivity index (χ1n) is 9.38. The van der Waals surface area contributed by atoms with Crippen LogP contribution in [0.2, 0.25) is 0 Å². The molecule has 0 saturated carbocycles. The van der Waals surface area contributed by atoms with E-state index in [0.717, 1.165) is 33.0 Å². The number of thiazole rings is 1. The topological polar surface area (TPSA) is 47.5 Å². The lowest BCUT2D eigenvalue weighted by Crippen LogP contribution is -2.14. The Morgan fingerprint density at radius 2 is 1.93 bits per heavy atom. The second kappa shape index (κ2) is 8.84. The van der Waals surface area contributed by atoms with E-state index >= 15 is 0 Å². The molecule has 0 unspecified atom stereocenters. The van der Waals surface area contributed by atoms with Crippen molar-refractivity contribution >= 4 is 17.0 Å². The highest BCUT2D eigenvalue weighted by Crippen LogP contribution is 2.21. The zero-order chi connectivity index (χ0) is 20.9. The Morgan fingerprint density at radius 3 is 2.60 bits per heavy atom. The van der Waals surface area contributed by atoms with Crippen LogP contribution >= 0.6 is 11.3 Å². The lowest BCUT2D eigenvalue weighted by molar-refractivity contribution is 0.628. The van der Waals surface area contributed by atoms with Gasteiger partial charge in [0.2, 0.25) is 4.80 Å². The molecule has 0 amide bonds. The molecule has 0 aliphatic heterocycles. The van der Waals surface area contributed by atoms with E-state index in [0.29, 0.717) is 6.54 Å². The fourth-order valence-electron chi connectivity index (χ4n) is 2.96. The van der Waals surface area contributed by atoms with E-state index in [1.54, 1.807) is 35.4 Å². The fraction of sp³-hybridized carbons (Fsp3) is 0.0870. The maximum atomic E-state index is 13.4. The Hall–Kier alpha value is -3.58. The number of benzene rings is 2. The fourth-order valence-corrected chi connectivity index (χ4v) is 3.80. The van der Waals surface area contributed by atoms with Gasteiger partial charge in [0, 0.05) is 29.0 Å². The highest BCUT2D eigenvalue weighted by molar-refractivity contribution is 7.07. The Bertz CT molecular complexity index is 1230. The van der Waals surface area contributed by atoms with Crippen molar-refractivity contribution in [2.45, 2.75) is 6.92 Å². The minimum Gasteiger partial charge on any atom is -0.306 e. The summed E-state index contributed by atoms with van der Waals surface area (Å²) in [6.07, 6.45) is 7.16. The van der Waals surface area contributed by atoms with Crippen molar-refractivity contribution in [3.8, 4) is 16.9 Å². The van der Waals surface area contributed by atoms with Gasteiger partial charge in [0.15, 0.2) is 0 Å². The average Bonchev–Trinajstić information content (AvgIpc) is 3.44. The predicted molar refractivity (Wildman–Crippen MR) is 120 cm³/mol. The number of aromatic nitrogens is 3. The molecule has 30 heavy (non-hydrogen) atoms. The third-order valence-corrected chi connectivity index (χ3v) is 5.37. The minimum absolute atomic E-state index is 0.269. The van der Waals surface area contributed by atoms with Crippen LogP contribution in [0.4, 0.5) is 4.39 Å². The maximum Gasteiger partial charge on any atom is 0.206 e. The number of nitrogens with zero attached hydrogens (tertiary/aromatic N) is 5. The molecule has 4 rings (SSSR count). The maximum absolute atomic E-state index is 13.4. The van der Waals surface area contributed by atoms with Gasteiger partial charge in [0.05, 0.1) is 24.3 Å². The van der Waals surface area contributed by atoms with E-state index in [9.17, 15) is 4.39 Å². The Kier molecular flexibility index (Phi) is 5.81. The van der Waals surface area contributed by atoms with E-state index in [4.69, 9.17) is 5.10 Å². The first-order valence-corrected chi connectivity index (χ1v) is 10.3. The highest BCUT2D eigenvalue weighted by Gasteiger charge is 2.09. The zero-order valence-corrected chi connectivity index (χ0v) is 17.3. The largest absolute Gasteiger partial charge is 0.306 e. The summed E-state index contributed by atoms with van der Waals surface area (Å²) in [7, 11) is 0. The molecular formula is C23H20FN5S. The van der Waals surface area contributed by atoms with Gasteiger partial charge in [-0.25, -0.2) is 14.1 Å². The molecule has 0 fully saturated rings. The summed E-state index contributed by atoms with van der Waals surface area (Å²) in [6.45, 7) is 6.19. The monoisotopic (exact) mass is 417 g/mol. The number of imidazole rings is 1. The molecule has 0 bridgehead atoms. The summed E-state index contributed by atoms with van der Waals surface area (Å²) in [4.78, 5) is 9.39. The molecule has 2 aromatic heterocycles. The molecular weight excluding hydrogens is 397 g/mol. The number of halogens is 1. The number of rotatable bonds is 6. The first kappa shape index (κ1) is 19.7. The van der Waals surface area contributed by atoms with Crippen LogP contribution in [-0.2, 0) is 0 Å². The molecule has 150 valence electrons. The van der Waals surface area contributed by atoms with Crippen LogP contribution in [0.3, 0.4) is 0 Å². The molecule has 2 aromatic carbocycles. The Balaban J connectivity index is 1.74. The van der Waals surface area contributed by atoms with Gasteiger partial charge in [-0.1, -0.05) is 18.2 Å². The molecule has 0 aliphatic rings. The van der Waals surface area contributed by atoms with Crippen molar-refractivity contribution in [3.05, 3.63) is 101 Å². The molecule has 7 heteroatoms. The number of hydrogen-bond acceptors (Lipinski definition) is 4. The van der Waals surface area contributed by atoms with E-state index in [-0.39, 0.29) is 5.82 Å². The predicted octanol–water partition coefficient (Wildman–Crippen LogP) is 4.90. The normalized spacial score (nSPS) is 12.3. The van der Waals surface area contributed by atoms with E-state index < -0.39 is 0 Å². The summed E-state index contributed by atoms with van der Waals surface area (Å²) >= 11 is 1.49. The van der Waals surface area contributed by atoms with Gasteiger partial charge in [-0.3, -0.25) is 4.99 Å². The van der Waals surface area contributed by atoms with Crippen LogP contribution in [0.1, 0.15) is 12.5 Å². The van der Waals surface area contributed by atoms with Crippen LogP contribution in [0.15, 0.2) is 95.4 Å². The summed E-state index contributed by atoms with van der Waals surface area (Å²) in [6, 6.07) is 14.5. The summed E-state index contributed by atoms with van der Waals surface area (Å²) in [5.41, 5.74) is 4.60. The van der Waals surface area contributed by atoms with Gasteiger partial charge in [-0.15, -0.1) is 17.9 Å². The Morgan fingerprint density at radius 1 is 1.17 bits per heavy atom. The lowest BCUT2D eigenvalue weighted by atomic mass is 10.1. The Labute approximate surface area is 177 Å².